The third-order valence-electron chi connectivity index (χ3n) is 6.33. The highest BCUT2D eigenvalue weighted by Gasteiger charge is 2.41. The van der Waals surface area contributed by atoms with E-state index in [1.54, 1.807) is 0 Å². The molecule has 4 rings (SSSR count). The zero-order valence-electron chi connectivity index (χ0n) is 18.2. The quantitative estimate of drug-likeness (QED) is 0.691. The lowest BCUT2D eigenvalue weighted by Gasteiger charge is -2.34. The van der Waals surface area contributed by atoms with Crippen molar-refractivity contribution in [3.63, 3.8) is 0 Å². The molecule has 2 aromatic carbocycles. The van der Waals surface area contributed by atoms with Crippen LogP contribution in [0.1, 0.15) is 18.4 Å². The Morgan fingerprint density at radius 1 is 0.969 bits per heavy atom. The highest BCUT2D eigenvalue weighted by Crippen LogP contribution is 2.35. The first-order valence-electron chi connectivity index (χ1n) is 11.0. The molecule has 2 saturated heterocycles. The number of nitrogens with zero attached hydrogens (tertiary/aromatic N) is 2. The largest absolute Gasteiger partial charge is 0.391 e. The molecule has 0 bridgehead atoms. The smallest absolute Gasteiger partial charge is 0.372 e. The summed E-state index contributed by atoms with van der Waals surface area (Å²) in [5.74, 6) is -0.983. The highest BCUT2D eigenvalue weighted by atomic mass is 19.4. The Morgan fingerprint density at radius 2 is 1.53 bits per heavy atom. The van der Waals surface area contributed by atoms with E-state index >= 15 is 0 Å². The van der Waals surface area contributed by atoms with Crippen molar-refractivity contribution in [1.29, 1.82) is 0 Å². The van der Waals surface area contributed by atoms with Crippen LogP contribution in [0.4, 0.5) is 30.2 Å². The van der Waals surface area contributed by atoms with Gasteiger partial charge < -0.3 is 20.4 Å². The third-order valence-corrected chi connectivity index (χ3v) is 6.33. The predicted octanol–water partition coefficient (Wildman–Crippen LogP) is 4.39. The summed E-state index contributed by atoms with van der Waals surface area (Å²) in [6, 6.07) is 15.7. The molecule has 2 fully saturated rings. The van der Waals surface area contributed by atoms with E-state index in [4.69, 9.17) is 0 Å². The van der Waals surface area contributed by atoms with E-state index in [2.05, 4.69) is 15.5 Å². The van der Waals surface area contributed by atoms with Gasteiger partial charge >= 0.3 is 6.18 Å². The molecule has 172 valence electrons. The van der Waals surface area contributed by atoms with Crippen molar-refractivity contribution in [2.24, 2.45) is 11.8 Å². The molecule has 0 aliphatic carbocycles. The number of likely N-dealkylation sites (tertiary alicyclic amines) is 1. The second kappa shape index (κ2) is 9.40. The molecule has 0 aromatic heterocycles. The number of halogens is 3. The van der Waals surface area contributed by atoms with E-state index in [-0.39, 0.29) is 24.7 Å². The van der Waals surface area contributed by atoms with Crippen molar-refractivity contribution in [2.45, 2.75) is 25.6 Å². The summed E-state index contributed by atoms with van der Waals surface area (Å²) in [6.07, 6.45) is -3.80. The lowest BCUT2D eigenvalue weighted by molar-refractivity contribution is -0.179. The van der Waals surface area contributed by atoms with Gasteiger partial charge in [0.1, 0.15) is 0 Å². The fraction of sp³-hybridized carbons (Fsp3) is 0.458. The first-order chi connectivity index (χ1) is 15.3. The van der Waals surface area contributed by atoms with Crippen molar-refractivity contribution in [3.8, 4) is 0 Å². The number of alkyl halides is 3. The van der Waals surface area contributed by atoms with Crippen LogP contribution in [0, 0.1) is 11.8 Å². The maximum Gasteiger partial charge on any atom is 0.391 e. The van der Waals surface area contributed by atoms with Crippen LogP contribution >= 0.6 is 0 Å². The zero-order valence-corrected chi connectivity index (χ0v) is 18.2. The summed E-state index contributed by atoms with van der Waals surface area (Å²) in [7, 11) is 2.00. The van der Waals surface area contributed by atoms with Gasteiger partial charge in [0.05, 0.1) is 11.8 Å². The molecule has 0 saturated carbocycles. The maximum absolute atomic E-state index is 12.8. The lowest BCUT2D eigenvalue weighted by Crippen LogP contribution is -2.51. The molecule has 2 aliphatic heterocycles. The van der Waals surface area contributed by atoms with Gasteiger partial charge in [0, 0.05) is 49.8 Å². The van der Waals surface area contributed by atoms with Crippen molar-refractivity contribution in [3.05, 3.63) is 54.1 Å². The second-order valence-electron chi connectivity index (χ2n) is 8.81. The molecule has 0 spiro atoms. The SMILES string of the molecule is CN1CC(C(=O)NCc2ccc(Nc3ccc(N4CCC(C(F)(F)F)CC4)cc3)cc2)C1. The van der Waals surface area contributed by atoms with Gasteiger partial charge in [-0.05, 0) is 61.9 Å². The van der Waals surface area contributed by atoms with E-state index in [1.807, 2.05) is 60.5 Å². The molecule has 32 heavy (non-hydrogen) atoms. The predicted molar refractivity (Wildman–Crippen MR) is 120 cm³/mol. The van der Waals surface area contributed by atoms with Crippen molar-refractivity contribution < 1.29 is 18.0 Å². The monoisotopic (exact) mass is 446 g/mol. The molecule has 2 heterocycles. The van der Waals surface area contributed by atoms with E-state index in [0.29, 0.717) is 19.6 Å². The van der Waals surface area contributed by atoms with Crippen LogP contribution in [0.15, 0.2) is 48.5 Å². The Bertz CT molecular complexity index is 900. The van der Waals surface area contributed by atoms with Crippen LogP contribution in [-0.4, -0.2) is 50.2 Å². The molecule has 2 aromatic rings. The third kappa shape index (κ3) is 5.54. The number of hydrogen-bond donors (Lipinski definition) is 2. The fourth-order valence-corrected chi connectivity index (χ4v) is 4.29. The standard InChI is InChI=1S/C24H29F3N4O/c1-30-15-18(16-30)23(32)28-14-17-2-4-20(5-3-17)29-21-6-8-22(9-7-21)31-12-10-19(11-13-31)24(25,26)27/h2-9,18-19,29H,10-16H2,1H3,(H,28,32). The van der Waals surface area contributed by atoms with Gasteiger partial charge in [-0.3, -0.25) is 4.79 Å². The van der Waals surface area contributed by atoms with Gasteiger partial charge in [0.2, 0.25) is 5.91 Å². The number of benzene rings is 2. The summed E-state index contributed by atoms with van der Waals surface area (Å²) in [6.45, 7) is 3.00. The summed E-state index contributed by atoms with van der Waals surface area (Å²) in [5.41, 5.74) is 3.82. The summed E-state index contributed by atoms with van der Waals surface area (Å²) in [5, 5.41) is 6.32. The average Bonchev–Trinajstić information content (AvgIpc) is 2.76. The molecule has 0 radical (unpaired) electrons. The minimum absolute atomic E-state index is 0.0971. The van der Waals surface area contributed by atoms with E-state index < -0.39 is 12.1 Å². The zero-order chi connectivity index (χ0) is 22.7. The Hall–Kier alpha value is -2.74. The van der Waals surface area contributed by atoms with Crippen LogP contribution in [0.5, 0.6) is 0 Å². The topological polar surface area (TPSA) is 47.6 Å². The van der Waals surface area contributed by atoms with Crippen LogP contribution < -0.4 is 15.5 Å². The summed E-state index contributed by atoms with van der Waals surface area (Å²) < 4.78 is 38.5. The Kier molecular flexibility index (Phi) is 6.60. The number of amides is 1. The average molecular weight is 447 g/mol. The Labute approximate surface area is 186 Å². The molecule has 1 amide bonds. The first-order valence-corrected chi connectivity index (χ1v) is 11.0. The summed E-state index contributed by atoms with van der Waals surface area (Å²) >= 11 is 0. The number of rotatable bonds is 6. The van der Waals surface area contributed by atoms with Gasteiger partial charge in [-0.15, -0.1) is 0 Å². The minimum atomic E-state index is -4.09. The molecular weight excluding hydrogens is 417 g/mol. The fourth-order valence-electron chi connectivity index (χ4n) is 4.29. The van der Waals surface area contributed by atoms with Crippen LogP contribution in [0.25, 0.3) is 0 Å². The number of piperidine rings is 1. The molecule has 0 unspecified atom stereocenters. The molecule has 8 heteroatoms. The van der Waals surface area contributed by atoms with Gasteiger partial charge in [-0.1, -0.05) is 12.1 Å². The van der Waals surface area contributed by atoms with Crippen molar-refractivity contribution in [1.82, 2.24) is 10.2 Å². The lowest BCUT2D eigenvalue weighted by atomic mass is 9.96. The van der Waals surface area contributed by atoms with Gasteiger partial charge in [-0.2, -0.15) is 13.2 Å². The molecule has 2 N–H and O–H groups in total. The number of carbonyl (C=O) groups is 1. The number of carbonyl (C=O) groups excluding carboxylic acids is 1. The number of nitrogens with one attached hydrogen (secondary N) is 2. The van der Waals surface area contributed by atoms with Gasteiger partial charge in [0.25, 0.3) is 0 Å². The number of hydrogen-bond acceptors (Lipinski definition) is 4. The molecule has 2 aliphatic rings. The van der Waals surface area contributed by atoms with Crippen LogP contribution in [0.3, 0.4) is 0 Å². The molecule has 0 atom stereocenters. The maximum atomic E-state index is 12.8. The van der Waals surface area contributed by atoms with Gasteiger partial charge in [-0.25, -0.2) is 0 Å². The highest BCUT2D eigenvalue weighted by molar-refractivity contribution is 5.80. The van der Waals surface area contributed by atoms with E-state index in [1.165, 1.54) is 0 Å². The molecular formula is C24H29F3N4O. The van der Waals surface area contributed by atoms with Crippen LogP contribution in [-0.2, 0) is 11.3 Å². The van der Waals surface area contributed by atoms with Gasteiger partial charge in [0.15, 0.2) is 0 Å². The Morgan fingerprint density at radius 3 is 2.06 bits per heavy atom. The molecule has 5 nitrogen and oxygen atoms in total. The summed E-state index contributed by atoms with van der Waals surface area (Å²) in [4.78, 5) is 16.2. The van der Waals surface area contributed by atoms with E-state index in [9.17, 15) is 18.0 Å². The van der Waals surface area contributed by atoms with Crippen LogP contribution in [0.2, 0.25) is 0 Å². The first kappa shape index (κ1) is 22.5. The second-order valence-corrected chi connectivity index (χ2v) is 8.81. The Balaban J connectivity index is 1.25. The van der Waals surface area contributed by atoms with E-state index in [0.717, 1.165) is 35.7 Å². The van der Waals surface area contributed by atoms with Crippen molar-refractivity contribution >= 4 is 23.0 Å². The van der Waals surface area contributed by atoms with Crippen molar-refractivity contribution in [2.75, 3.05) is 43.4 Å². The number of anilines is 3. The normalized spacial score (nSPS) is 18.3. The minimum Gasteiger partial charge on any atom is -0.372 e.